The zero-order chi connectivity index (χ0) is 13.8. The van der Waals surface area contributed by atoms with Crippen molar-refractivity contribution in [1.82, 2.24) is 4.90 Å². The summed E-state index contributed by atoms with van der Waals surface area (Å²) in [5, 5.41) is 11.6. The normalized spacial score (nSPS) is 16.7. The number of hydrogen-bond donors (Lipinski definition) is 2. The molecule has 0 radical (unpaired) electrons. The zero-order valence-electron chi connectivity index (χ0n) is 11.8. The van der Waals surface area contributed by atoms with Crippen molar-refractivity contribution in [3.05, 3.63) is 34.9 Å². The first-order chi connectivity index (χ1) is 9.10. The fourth-order valence-corrected chi connectivity index (χ4v) is 2.67. The maximum absolute atomic E-state index is 8.61. The molecule has 1 aromatic carbocycles. The lowest BCUT2D eigenvalue weighted by Gasteiger charge is -2.24. The molecule has 1 aromatic rings. The van der Waals surface area contributed by atoms with Gasteiger partial charge in [0.15, 0.2) is 0 Å². The summed E-state index contributed by atoms with van der Waals surface area (Å²) in [6.07, 6.45) is 4.31. The molecule has 0 amide bonds. The SMILES string of the molecule is CC(CC(N)=NO)N(C)Cc1ccc2c(c1)CCC2. The summed E-state index contributed by atoms with van der Waals surface area (Å²) >= 11 is 0. The van der Waals surface area contributed by atoms with Crippen molar-refractivity contribution in [1.29, 1.82) is 0 Å². The van der Waals surface area contributed by atoms with Crippen LogP contribution in [0.5, 0.6) is 0 Å². The average molecular weight is 261 g/mol. The monoisotopic (exact) mass is 261 g/mol. The van der Waals surface area contributed by atoms with Crippen molar-refractivity contribution in [2.75, 3.05) is 7.05 Å². The number of aryl methyl sites for hydroxylation is 2. The molecule has 0 saturated carbocycles. The fraction of sp³-hybridized carbons (Fsp3) is 0.533. The molecular formula is C15H23N3O. The van der Waals surface area contributed by atoms with E-state index in [4.69, 9.17) is 10.9 Å². The van der Waals surface area contributed by atoms with Crippen LogP contribution in [-0.4, -0.2) is 29.0 Å². The Morgan fingerprint density at radius 1 is 1.42 bits per heavy atom. The van der Waals surface area contributed by atoms with Gasteiger partial charge in [-0.25, -0.2) is 0 Å². The van der Waals surface area contributed by atoms with E-state index in [9.17, 15) is 0 Å². The highest BCUT2D eigenvalue weighted by molar-refractivity contribution is 5.80. The molecule has 4 nitrogen and oxygen atoms in total. The van der Waals surface area contributed by atoms with E-state index in [1.807, 2.05) is 0 Å². The van der Waals surface area contributed by atoms with Crippen LogP contribution in [0.25, 0.3) is 0 Å². The molecule has 0 heterocycles. The molecule has 1 aliphatic carbocycles. The van der Waals surface area contributed by atoms with Gasteiger partial charge in [0.25, 0.3) is 0 Å². The molecule has 19 heavy (non-hydrogen) atoms. The maximum atomic E-state index is 8.61. The first-order valence-electron chi connectivity index (χ1n) is 6.87. The molecule has 0 aromatic heterocycles. The largest absolute Gasteiger partial charge is 0.409 e. The van der Waals surface area contributed by atoms with Gasteiger partial charge in [-0.1, -0.05) is 23.4 Å². The van der Waals surface area contributed by atoms with E-state index in [2.05, 4.69) is 42.2 Å². The minimum atomic E-state index is 0.254. The fourth-order valence-electron chi connectivity index (χ4n) is 2.67. The summed E-state index contributed by atoms with van der Waals surface area (Å²) in [5.74, 6) is 0.285. The highest BCUT2D eigenvalue weighted by Crippen LogP contribution is 2.23. The molecule has 3 N–H and O–H groups in total. The van der Waals surface area contributed by atoms with E-state index < -0.39 is 0 Å². The summed E-state index contributed by atoms with van der Waals surface area (Å²) < 4.78 is 0. The first kappa shape index (κ1) is 13.9. The van der Waals surface area contributed by atoms with E-state index >= 15 is 0 Å². The second-order valence-electron chi connectivity index (χ2n) is 5.52. The Morgan fingerprint density at radius 3 is 2.89 bits per heavy atom. The Labute approximate surface area is 114 Å². The molecule has 0 saturated heterocycles. The van der Waals surface area contributed by atoms with Gasteiger partial charge in [0.05, 0.1) is 0 Å². The summed E-state index contributed by atoms with van der Waals surface area (Å²) in [6.45, 7) is 2.98. The second kappa shape index (κ2) is 6.06. The third-order valence-corrected chi connectivity index (χ3v) is 3.98. The smallest absolute Gasteiger partial charge is 0.140 e. The van der Waals surface area contributed by atoms with E-state index in [1.165, 1.54) is 36.0 Å². The zero-order valence-corrected chi connectivity index (χ0v) is 11.8. The predicted molar refractivity (Wildman–Crippen MR) is 77.4 cm³/mol. The van der Waals surface area contributed by atoms with Gasteiger partial charge in [0, 0.05) is 19.0 Å². The van der Waals surface area contributed by atoms with Crippen LogP contribution in [-0.2, 0) is 19.4 Å². The van der Waals surface area contributed by atoms with E-state index in [-0.39, 0.29) is 11.9 Å². The van der Waals surface area contributed by atoms with Gasteiger partial charge in [-0.15, -0.1) is 0 Å². The highest BCUT2D eigenvalue weighted by Gasteiger charge is 2.14. The number of rotatable bonds is 5. The third kappa shape index (κ3) is 3.47. The van der Waals surface area contributed by atoms with Crippen LogP contribution in [0.2, 0.25) is 0 Å². The summed E-state index contributed by atoms with van der Waals surface area (Å²) in [4.78, 5) is 2.23. The number of amidine groups is 1. The molecule has 2 rings (SSSR count). The molecule has 0 aliphatic heterocycles. The first-order valence-corrected chi connectivity index (χ1v) is 6.87. The van der Waals surface area contributed by atoms with Gasteiger partial charge >= 0.3 is 0 Å². The van der Waals surface area contributed by atoms with Crippen LogP contribution >= 0.6 is 0 Å². The number of nitrogens with zero attached hydrogens (tertiary/aromatic N) is 2. The molecule has 0 bridgehead atoms. The van der Waals surface area contributed by atoms with Crippen molar-refractivity contribution in [3.8, 4) is 0 Å². The Hall–Kier alpha value is -1.55. The third-order valence-electron chi connectivity index (χ3n) is 3.98. The predicted octanol–water partition coefficient (Wildman–Crippen LogP) is 2.13. The van der Waals surface area contributed by atoms with Crippen molar-refractivity contribution in [2.45, 2.75) is 45.2 Å². The second-order valence-corrected chi connectivity index (χ2v) is 5.52. The lowest BCUT2D eigenvalue weighted by molar-refractivity contribution is 0.251. The van der Waals surface area contributed by atoms with Gasteiger partial charge in [0.2, 0.25) is 0 Å². The van der Waals surface area contributed by atoms with Crippen LogP contribution in [0.1, 0.15) is 36.5 Å². The minimum Gasteiger partial charge on any atom is -0.409 e. The number of benzene rings is 1. The van der Waals surface area contributed by atoms with Gasteiger partial charge in [0.1, 0.15) is 5.84 Å². The summed E-state index contributed by atoms with van der Waals surface area (Å²) in [7, 11) is 2.07. The summed E-state index contributed by atoms with van der Waals surface area (Å²) in [6, 6.07) is 7.06. The summed E-state index contributed by atoms with van der Waals surface area (Å²) in [5.41, 5.74) is 9.91. The van der Waals surface area contributed by atoms with Crippen LogP contribution in [0, 0.1) is 0 Å². The van der Waals surface area contributed by atoms with Gasteiger partial charge in [-0.2, -0.15) is 0 Å². The molecule has 104 valence electrons. The number of fused-ring (bicyclic) bond motifs is 1. The number of hydrogen-bond acceptors (Lipinski definition) is 3. The van der Waals surface area contributed by atoms with Crippen molar-refractivity contribution in [3.63, 3.8) is 0 Å². The van der Waals surface area contributed by atoms with Crippen LogP contribution in [0.4, 0.5) is 0 Å². The van der Waals surface area contributed by atoms with Crippen molar-refractivity contribution >= 4 is 5.84 Å². The highest BCUT2D eigenvalue weighted by atomic mass is 16.4. The molecule has 4 heteroatoms. The van der Waals surface area contributed by atoms with Crippen molar-refractivity contribution in [2.24, 2.45) is 10.9 Å². The lowest BCUT2D eigenvalue weighted by atomic mass is 10.1. The quantitative estimate of drug-likeness (QED) is 0.369. The van der Waals surface area contributed by atoms with Gasteiger partial charge in [-0.3, -0.25) is 4.90 Å². The Balaban J connectivity index is 1.96. The van der Waals surface area contributed by atoms with E-state index in [0.717, 1.165) is 6.54 Å². The van der Waals surface area contributed by atoms with E-state index in [1.54, 1.807) is 0 Å². The van der Waals surface area contributed by atoms with Crippen LogP contribution in [0.15, 0.2) is 23.4 Å². The topological polar surface area (TPSA) is 61.9 Å². The molecule has 0 spiro atoms. The van der Waals surface area contributed by atoms with Gasteiger partial charge in [-0.05, 0) is 49.9 Å². The number of nitrogens with two attached hydrogens (primary N) is 1. The molecule has 1 aliphatic rings. The minimum absolute atomic E-state index is 0.254. The molecule has 0 fully saturated rings. The standard InChI is InChI=1S/C15H23N3O/c1-11(8-15(16)17-19)18(2)10-12-6-7-13-4-3-5-14(13)9-12/h6-7,9,11,19H,3-5,8,10H2,1-2H3,(H2,16,17). The van der Waals surface area contributed by atoms with Crippen LogP contribution < -0.4 is 5.73 Å². The number of oxime groups is 1. The van der Waals surface area contributed by atoms with Crippen molar-refractivity contribution < 1.29 is 5.21 Å². The van der Waals surface area contributed by atoms with Gasteiger partial charge < -0.3 is 10.9 Å². The van der Waals surface area contributed by atoms with E-state index in [0.29, 0.717) is 6.42 Å². The van der Waals surface area contributed by atoms with Crippen LogP contribution in [0.3, 0.4) is 0 Å². The molecular weight excluding hydrogens is 238 g/mol. The molecule has 1 atom stereocenters. The average Bonchev–Trinajstić information content (AvgIpc) is 2.85. The Bertz CT molecular complexity index is 470. The Morgan fingerprint density at radius 2 is 2.16 bits per heavy atom. The lowest BCUT2D eigenvalue weighted by Crippen LogP contribution is -2.32. The molecule has 1 unspecified atom stereocenters. The Kier molecular flexibility index (Phi) is 4.43. The maximum Gasteiger partial charge on any atom is 0.140 e.